The van der Waals surface area contributed by atoms with Gasteiger partial charge in [-0.2, -0.15) is 0 Å². The van der Waals surface area contributed by atoms with Crippen LogP contribution in [0.15, 0.2) is 48.5 Å². The topological polar surface area (TPSA) is 34.1 Å². The number of carbonyl (C=O) groups excluding carboxylic acids is 2. The maximum atomic E-state index is 13.2. The molecule has 2 heteroatoms. The summed E-state index contributed by atoms with van der Waals surface area (Å²) in [5.74, 6) is -0.274. The average Bonchev–Trinajstić information content (AvgIpc) is 3.15. The third kappa shape index (κ3) is 1.94. The SMILES string of the molecule is O=CC1Cc2ccccc2C1C(=O)C1CCc2ccccc21. The summed E-state index contributed by atoms with van der Waals surface area (Å²) < 4.78 is 0. The molecule has 0 saturated heterocycles. The van der Waals surface area contributed by atoms with Gasteiger partial charge < -0.3 is 4.79 Å². The van der Waals surface area contributed by atoms with Gasteiger partial charge in [-0.25, -0.2) is 0 Å². The monoisotopic (exact) mass is 290 g/mol. The minimum absolute atomic E-state index is 0.0465. The fourth-order valence-corrected chi connectivity index (χ4v) is 4.19. The van der Waals surface area contributed by atoms with E-state index in [0.717, 1.165) is 30.3 Å². The summed E-state index contributed by atoms with van der Waals surface area (Å²) in [4.78, 5) is 24.7. The summed E-state index contributed by atoms with van der Waals surface area (Å²) in [6.07, 6.45) is 3.52. The highest BCUT2D eigenvalue weighted by Gasteiger charge is 2.41. The van der Waals surface area contributed by atoms with E-state index in [4.69, 9.17) is 0 Å². The predicted octanol–water partition coefficient (Wildman–Crippen LogP) is 3.44. The van der Waals surface area contributed by atoms with Crippen LogP contribution in [-0.4, -0.2) is 12.1 Å². The number of hydrogen-bond donors (Lipinski definition) is 0. The average molecular weight is 290 g/mol. The number of hydrogen-bond acceptors (Lipinski definition) is 2. The Kier molecular flexibility index (Phi) is 3.18. The minimum atomic E-state index is -0.259. The van der Waals surface area contributed by atoms with E-state index in [1.54, 1.807) is 0 Å². The van der Waals surface area contributed by atoms with Gasteiger partial charge in [-0.3, -0.25) is 4.79 Å². The molecule has 0 amide bonds. The van der Waals surface area contributed by atoms with Crippen molar-refractivity contribution in [2.24, 2.45) is 5.92 Å². The highest BCUT2D eigenvalue weighted by atomic mass is 16.1. The molecule has 0 spiro atoms. The summed E-state index contributed by atoms with van der Waals surface area (Å²) in [6.45, 7) is 0. The van der Waals surface area contributed by atoms with Gasteiger partial charge in [0.25, 0.3) is 0 Å². The van der Waals surface area contributed by atoms with Crippen LogP contribution >= 0.6 is 0 Å². The summed E-state index contributed by atoms with van der Waals surface area (Å²) in [5.41, 5.74) is 4.68. The molecule has 0 aromatic heterocycles. The van der Waals surface area contributed by atoms with Crippen LogP contribution in [0.4, 0.5) is 0 Å². The van der Waals surface area contributed by atoms with Crippen LogP contribution in [0, 0.1) is 5.92 Å². The zero-order chi connectivity index (χ0) is 15.1. The van der Waals surface area contributed by atoms with Gasteiger partial charge in [0, 0.05) is 11.8 Å². The standard InChI is InChI=1S/C20H18O2/c21-12-15-11-14-6-2-4-8-17(14)19(15)20(22)18-10-9-13-5-1-3-7-16(13)18/h1-8,12,15,18-19H,9-11H2. The van der Waals surface area contributed by atoms with Gasteiger partial charge in [-0.15, -0.1) is 0 Å². The van der Waals surface area contributed by atoms with Crippen LogP contribution in [0.3, 0.4) is 0 Å². The first-order valence-corrected chi connectivity index (χ1v) is 7.94. The lowest BCUT2D eigenvalue weighted by Gasteiger charge is -2.20. The van der Waals surface area contributed by atoms with Gasteiger partial charge in [0.15, 0.2) is 0 Å². The second-order valence-corrected chi connectivity index (χ2v) is 6.37. The van der Waals surface area contributed by atoms with Crippen molar-refractivity contribution in [1.82, 2.24) is 0 Å². The van der Waals surface area contributed by atoms with E-state index in [2.05, 4.69) is 12.1 Å². The Labute approximate surface area is 130 Å². The van der Waals surface area contributed by atoms with Crippen LogP contribution < -0.4 is 0 Å². The Bertz CT molecular complexity index is 747. The molecule has 0 heterocycles. The number of fused-ring (bicyclic) bond motifs is 2. The summed E-state index contributed by atoms with van der Waals surface area (Å²) in [7, 11) is 0. The van der Waals surface area contributed by atoms with E-state index in [9.17, 15) is 9.59 Å². The van der Waals surface area contributed by atoms with E-state index in [-0.39, 0.29) is 23.5 Å². The predicted molar refractivity (Wildman–Crippen MR) is 85.0 cm³/mol. The van der Waals surface area contributed by atoms with Crippen molar-refractivity contribution in [3.8, 4) is 0 Å². The lowest BCUT2D eigenvalue weighted by atomic mass is 9.81. The second kappa shape index (κ2) is 5.20. The highest BCUT2D eigenvalue weighted by Crippen LogP contribution is 2.44. The molecule has 4 rings (SSSR count). The molecule has 0 N–H and O–H groups in total. The summed E-state index contributed by atoms with van der Waals surface area (Å²) >= 11 is 0. The van der Waals surface area contributed by atoms with E-state index in [1.165, 1.54) is 11.1 Å². The molecule has 110 valence electrons. The number of benzene rings is 2. The van der Waals surface area contributed by atoms with Crippen molar-refractivity contribution in [1.29, 1.82) is 0 Å². The first-order chi connectivity index (χ1) is 10.8. The van der Waals surface area contributed by atoms with Crippen molar-refractivity contribution < 1.29 is 9.59 Å². The second-order valence-electron chi connectivity index (χ2n) is 6.37. The number of carbonyl (C=O) groups is 2. The van der Waals surface area contributed by atoms with Crippen LogP contribution in [-0.2, 0) is 22.4 Å². The molecule has 2 aromatic carbocycles. The maximum Gasteiger partial charge on any atom is 0.148 e. The fraction of sp³-hybridized carbons (Fsp3) is 0.300. The Morgan fingerprint density at radius 1 is 0.955 bits per heavy atom. The Morgan fingerprint density at radius 2 is 1.64 bits per heavy atom. The van der Waals surface area contributed by atoms with Crippen LogP contribution in [0.1, 0.15) is 40.5 Å². The molecule has 2 aliphatic rings. The molecule has 3 atom stereocenters. The number of aryl methyl sites for hydroxylation is 1. The molecular weight excluding hydrogens is 272 g/mol. The normalized spacial score (nSPS) is 25.5. The lowest BCUT2D eigenvalue weighted by Crippen LogP contribution is -2.24. The Morgan fingerprint density at radius 3 is 2.41 bits per heavy atom. The van der Waals surface area contributed by atoms with E-state index < -0.39 is 0 Å². The number of aldehydes is 1. The first kappa shape index (κ1) is 13.4. The molecule has 0 saturated carbocycles. The molecule has 2 nitrogen and oxygen atoms in total. The van der Waals surface area contributed by atoms with Crippen LogP contribution in [0.5, 0.6) is 0 Å². The van der Waals surface area contributed by atoms with Crippen molar-refractivity contribution >= 4 is 12.1 Å². The molecule has 0 radical (unpaired) electrons. The molecule has 2 aliphatic carbocycles. The number of Topliss-reactive ketones (excluding diaryl/α,β-unsaturated/α-hetero) is 1. The Hall–Kier alpha value is -2.22. The quantitative estimate of drug-likeness (QED) is 0.811. The van der Waals surface area contributed by atoms with Crippen molar-refractivity contribution in [2.75, 3.05) is 0 Å². The molecule has 22 heavy (non-hydrogen) atoms. The first-order valence-electron chi connectivity index (χ1n) is 7.94. The number of rotatable bonds is 3. The van der Waals surface area contributed by atoms with Crippen molar-refractivity contribution in [2.45, 2.75) is 31.1 Å². The zero-order valence-corrected chi connectivity index (χ0v) is 12.4. The third-order valence-electron chi connectivity index (χ3n) is 5.23. The van der Waals surface area contributed by atoms with Crippen molar-refractivity contribution in [3.05, 3.63) is 70.8 Å². The molecule has 0 fully saturated rings. The third-order valence-corrected chi connectivity index (χ3v) is 5.23. The van der Waals surface area contributed by atoms with Crippen molar-refractivity contribution in [3.63, 3.8) is 0 Å². The van der Waals surface area contributed by atoms with E-state index in [0.29, 0.717) is 6.42 Å². The molecule has 0 bridgehead atoms. The van der Waals surface area contributed by atoms with Gasteiger partial charge in [0.05, 0.1) is 5.92 Å². The van der Waals surface area contributed by atoms with Gasteiger partial charge >= 0.3 is 0 Å². The molecule has 2 aromatic rings. The summed E-state index contributed by atoms with van der Waals surface area (Å²) in [5, 5.41) is 0. The number of ketones is 1. The highest BCUT2D eigenvalue weighted by molar-refractivity contribution is 5.96. The molecule has 0 aliphatic heterocycles. The van der Waals surface area contributed by atoms with Crippen LogP contribution in [0.25, 0.3) is 0 Å². The largest absolute Gasteiger partial charge is 0.303 e. The van der Waals surface area contributed by atoms with Crippen LogP contribution in [0.2, 0.25) is 0 Å². The zero-order valence-electron chi connectivity index (χ0n) is 12.4. The van der Waals surface area contributed by atoms with Gasteiger partial charge in [0.1, 0.15) is 12.1 Å². The van der Waals surface area contributed by atoms with E-state index >= 15 is 0 Å². The van der Waals surface area contributed by atoms with Gasteiger partial charge in [-0.1, -0.05) is 48.5 Å². The van der Waals surface area contributed by atoms with Gasteiger partial charge in [-0.05, 0) is 41.5 Å². The minimum Gasteiger partial charge on any atom is -0.303 e. The summed E-state index contributed by atoms with van der Waals surface area (Å²) in [6, 6.07) is 16.2. The fourth-order valence-electron chi connectivity index (χ4n) is 4.19. The Balaban J connectivity index is 1.72. The van der Waals surface area contributed by atoms with Gasteiger partial charge in [0.2, 0.25) is 0 Å². The smallest absolute Gasteiger partial charge is 0.148 e. The molecular formula is C20H18O2. The maximum absolute atomic E-state index is 13.2. The van der Waals surface area contributed by atoms with E-state index in [1.807, 2.05) is 36.4 Å². The lowest BCUT2D eigenvalue weighted by molar-refractivity contribution is -0.125. The molecule has 3 unspecified atom stereocenters.